The minimum atomic E-state index is -4.56. The fourth-order valence-corrected chi connectivity index (χ4v) is 2.57. The van der Waals surface area contributed by atoms with Crippen LogP contribution in [0.2, 0.25) is 0 Å². The average molecular weight is 403 g/mol. The zero-order valence-electron chi connectivity index (χ0n) is 15.2. The van der Waals surface area contributed by atoms with Gasteiger partial charge in [0, 0.05) is 11.3 Å². The van der Waals surface area contributed by atoms with Crippen molar-refractivity contribution in [2.75, 3.05) is 17.2 Å². The smallest absolute Gasteiger partial charge is 0.376 e. The summed E-state index contributed by atoms with van der Waals surface area (Å²) >= 11 is 0. The number of nitrogens with one attached hydrogen (secondary N) is 2. The molecule has 1 amide bonds. The fraction of sp³-hybridized carbons (Fsp3) is 0.158. The highest BCUT2D eigenvalue weighted by atomic mass is 19.4. The number of benzene rings is 2. The number of nitrogens with zero attached hydrogens (tertiary/aromatic N) is 3. The molecule has 0 saturated carbocycles. The Morgan fingerprint density at radius 2 is 1.93 bits per heavy atom. The van der Waals surface area contributed by atoms with Gasteiger partial charge in [-0.1, -0.05) is 12.1 Å². The van der Waals surface area contributed by atoms with Gasteiger partial charge in [-0.2, -0.15) is 18.3 Å². The van der Waals surface area contributed by atoms with Crippen LogP contribution >= 0.6 is 0 Å². The Morgan fingerprint density at radius 1 is 1.14 bits per heavy atom. The van der Waals surface area contributed by atoms with Crippen molar-refractivity contribution < 1.29 is 22.8 Å². The van der Waals surface area contributed by atoms with Gasteiger partial charge in [-0.15, -0.1) is 0 Å². The second-order valence-electron chi connectivity index (χ2n) is 6.11. The number of ketones is 1. The van der Waals surface area contributed by atoms with E-state index in [0.717, 1.165) is 12.1 Å². The molecule has 0 spiro atoms. The molecule has 2 N–H and O–H groups in total. The molecule has 3 rings (SSSR count). The van der Waals surface area contributed by atoms with Crippen LogP contribution < -0.4 is 10.6 Å². The zero-order chi connectivity index (χ0) is 21.0. The Balaban J connectivity index is 1.78. The number of hydrogen-bond acceptors (Lipinski definition) is 5. The molecule has 0 radical (unpaired) electrons. The third kappa shape index (κ3) is 4.98. The first-order valence-corrected chi connectivity index (χ1v) is 8.45. The van der Waals surface area contributed by atoms with Crippen molar-refractivity contribution in [3.63, 3.8) is 0 Å². The van der Waals surface area contributed by atoms with Gasteiger partial charge >= 0.3 is 6.18 Å². The number of alkyl halides is 3. The number of rotatable bonds is 6. The van der Waals surface area contributed by atoms with E-state index < -0.39 is 17.6 Å². The van der Waals surface area contributed by atoms with Crippen molar-refractivity contribution in [2.45, 2.75) is 13.1 Å². The Kier molecular flexibility index (Phi) is 5.62. The molecule has 1 heterocycles. The van der Waals surface area contributed by atoms with Crippen LogP contribution in [-0.4, -0.2) is 33.0 Å². The van der Waals surface area contributed by atoms with Crippen molar-refractivity contribution in [3.8, 4) is 5.69 Å². The Hall–Kier alpha value is -3.69. The minimum absolute atomic E-state index is 0.0605. The van der Waals surface area contributed by atoms with Gasteiger partial charge in [0.25, 0.3) is 0 Å². The SMILES string of the molecule is CC(=O)c1cccc(NCC(=O)Nc2cc(C(F)(F)F)ccc2-n2cncn2)c1. The third-order valence-electron chi connectivity index (χ3n) is 3.99. The second kappa shape index (κ2) is 8.13. The molecule has 29 heavy (non-hydrogen) atoms. The highest BCUT2D eigenvalue weighted by Gasteiger charge is 2.31. The first-order valence-electron chi connectivity index (χ1n) is 8.45. The van der Waals surface area contributed by atoms with E-state index in [9.17, 15) is 22.8 Å². The van der Waals surface area contributed by atoms with E-state index in [2.05, 4.69) is 20.7 Å². The first kappa shape index (κ1) is 20.1. The molecule has 1 aromatic heterocycles. The summed E-state index contributed by atoms with van der Waals surface area (Å²) in [4.78, 5) is 27.5. The van der Waals surface area contributed by atoms with Crippen LogP contribution in [0.4, 0.5) is 24.5 Å². The molecule has 0 aliphatic carbocycles. The molecule has 150 valence electrons. The van der Waals surface area contributed by atoms with Gasteiger partial charge < -0.3 is 10.6 Å². The molecule has 0 aliphatic rings. The predicted octanol–water partition coefficient (Wildman–Crippen LogP) is 3.54. The number of hydrogen-bond donors (Lipinski definition) is 2. The second-order valence-corrected chi connectivity index (χ2v) is 6.11. The minimum Gasteiger partial charge on any atom is -0.376 e. The summed E-state index contributed by atoms with van der Waals surface area (Å²) in [6.07, 6.45) is -2.03. The molecule has 2 aromatic carbocycles. The van der Waals surface area contributed by atoms with Crippen molar-refractivity contribution in [1.29, 1.82) is 0 Å². The lowest BCUT2D eigenvalue weighted by Crippen LogP contribution is -2.23. The Bertz CT molecular complexity index is 1030. The quantitative estimate of drug-likeness (QED) is 0.615. The van der Waals surface area contributed by atoms with E-state index in [1.54, 1.807) is 24.3 Å². The summed E-state index contributed by atoms with van der Waals surface area (Å²) in [7, 11) is 0. The summed E-state index contributed by atoms with van der Waals surface area (Å²) in [6, 6.07) is 9.50. The van der Waals surface area contributed by atoms with Crippen molar-refractivity contribution >= 4 is 23.1 Å². The van der Waals surface area contributed by atoms with E-state index in [1.165, 1.54) is 30.3 Å². The fourth-order valence-electron chi connectivity index (χ4n) is 2.57. The molecule has 0 aliphatic heterocycles. The number of carbonyl (C=O) groups is 2. The molecule has 0 fully saturated rings. The number of amides is 1. The molecular weight excluding hydrogens is 387 g/mol. The highest BCUT2D eigenvalue weighted by Crippen LogP contribution is 2.33. The van der Waals surface area contributed by atoms with E-state index in [-0.39, 0.29) is 23.7 Å². The van der Waals surface area contributed by atoms with Gasteiger partial charge in [0.1, 0.15) is 12.7 Å². The maximum absolute atomic E-state index is 13.1. The molecular formula is C19H16F3N5O2. The summed E-state index contributed by atoms with van der Waals surface area (Å²) < 4.78 is 40.4. The summed E-state index contributed by atoms with van der Waals surface area (Å²) in [5.74, 6) is -0.696. The van der Waals surface area contributed by atoms with Crippen molar-refractivity contribution in [3.05, 3.63) is 66.2 Å². The number of halogens is 3. The monoisotopic (exact) mass is 403 g/mol. The standard InChI is InChI=1S/C19H16F3N5O2/c1-12(28)13-3-2-4-15(7-13)24-9-18(29)26-16-8-14(19(20,21)22)5-6-17(16)27-11-23-10-25-27/h2-8,10-11,24H,9H2,1H3,(H,26,29). The highest BCUT2D eigenvalue weighted by molar-refractivity contribution is 5.97. The predicted molar refractivity (Wildman–Crippen MR) is 99.9 cm³/mol. The third-order valence-corrected chi connectivity index (χ3v) is 3.99. The first-order chi connectivity index (χ1) is 13.7. The lowest BCUT2D eigenvalue weighted by molar-refractivity contribution is -0.137. The van der Waals surface area contributed by atoms with Gasteiger partial charge in [0.05, 0.1) is 23.5 Å². The summed E-state index contributed by atoms with van der Waals surface area (Å²) in [5.41, 5.74) is 0.283. The molecule has 10 heteroatoms. The maximum Gasteiger partial charge on any atom is 0.416 e. The average Bonchev–Trinajstić information content (AvgIpc) is 3.20. The van der Waals surface area contributed by atoms with Crippen LogP contribution in [0.5, 0.6) is 0 Å². The van der Waals surface area contributed by atoms with Crippen LogP contribution in [0.15, 0.2) is 55.1 Å². The largest absolute Gasteiger partial charge is 0.416 e. The number of anilines is 2. The zero-order valence-corrected chi connectivity index (χ0v) is 15.2. The van der Waals surface area contributed by atoms with Crippen LogP contribution in [0, 0.1) is 0 Å². The van der Waals surface area contributed by atoms with E-state index in [4.69, 9.17) is 0 Å². The number of Topliss-reactive ketones (excluding diaryl/α,β-unsaturated/α-hetero) is 1. The number of aromatic nitrogens is 3. The molecule has 0 unspecified atom stereocenters. The maximum atomic E-state index is 13.1. The van der Waals surface area contributed by atoms with Crippen molar-refractivity contribution in [1.82, 2.24) is 14.8 Å². The van der Waals surface area contributed by atoms with Gasteiger partial charge in [-0.25, -0.2) is 9.67 Å². The van der Waals surface area contributed by atoms with Gasteiger partial charge in [-0.05, 0) is 37.3 Å². The molecule has 0 atom stereocenters. The lowest BCUT2D eigenvalue weighted by atomic mass is 10.1. The van der Waals surface area contributed by atoms with E-state index in [1.807, 2.05) is 0 Å². The lowest BCUT2D eigenvalue weighted by Gasteiger charge is -2.15. The van der Waals surface area contributed by atoms with Crippen LogP contribution in [0.3, 0.4) is 0 Å². The molecule has 0 bridgehead atoms. The molecule has 7 nitrogen and oxygen atoms in total. The Labute approximate surface area is 163 Å². The summed E-state index contributed by atoms with van der Waals surface area (Å²) in [5, 5.41) is 9.19. The van der Waals surface area contributed by atoms with Crippen molar-refractivity contribution in [2.24, 2.45) is 0 Å². The molecule has 3 aromatic rings. The summed E-state index contributed by atoms with van der Waals surface area (Å²) in [6.45, 7) is 1.21. The topological polar surface area (TPSA) is 88.9 Å². The van der Waals surface area contributed by atoms with Gasteiger partial charge in [0.2, 0.25) is 5.91 Å². The van der Waals surface area contributed by atoms with E-state index in [0.29, 0.717) is 11.3 Å². The van der Waals surface area contributed by atoms with Crippen LogP contribution in [-0.2, 0) is 11.0 Å². The van der Waals surface area contributed by atoms with Crippen LogP contribution in [0.1, 0.15) is 22.8 Å². The Morgan fingerprint density at radius 3 is 2.59 bits per heavy atom. The van der Waals surface area contributed by atoms with E-state index >= 15 is 0 Å². The number of carbonyl (C=O) groups excluding carboxylic acids is 2. The normalized spacial score (nSPS) is 11.2. The molecule has 0 saturated heterocycles. The van der Waals surface area contributed by atoms with Gasteiger partial charge in [-0.3, -0.25) is 9.59 Å². The van der Waals surface area contributed by atoms with Gasteiger partial charge in [0.15, 0.2) is 5.78 Å². The van der Waals surface area contributed by atoms with Crippen LogP contribution in [0.25, 0.3) is 5.69 Å².